The quantitative estimate of drug-likeness (QED) is 0.436. The molecule has 0 saturated heterocycles. The lowest BCUT2D eigenvalue weighted by molar-refractivity contribution is 0.0954. The van der Waals surface area contributed by atoms with Crippen molar-refractivity contribution in [1.82, 2.24) is 24.5 Å². The molecular weight excluding hydrogens is 406 g/mol. The van der Waals surface area contributed by atoms with Crippen molar-refractivity contribution in [2.45, 2.75) is 6.54 Å². The first-order valence-electron chi connectivity index (χ1n) is 10.2. The van der Waals surface area contributed by atoms with Crippen molar-refractivity contribution < 1.29 is 9.53 Å². The van der Waals surface area contributed by atoms with Crippen LogP contribution in [0.25, 0.3) is 27.7 Å². The number of rotatable bonds is 6. The van der Waals surface area contributed by atoms with Crippen LogP contribution in [0, 0.1) is 0 Å². The maximum Gasteiger partial charge on any atom is 0.276 e. The molecule has 5 rings (SSSR count). The summed E-state index contributed by atoms with van der Waals surface area (Å²) in [5.41, 5.74) is 3.42. The molecule has 0 unspecified atom stereocenters. The van der Waals surface area contributed by atoms with Crippen LogP contribution in [0.15, 0.2) is 78.0 Å². The lowest BCUT2D eigenvalue weighted by Crippen LogP contribution is -2.31. The Morgan fingerprint density at radius 3 is 2.78 bits per heavy atom. The second-order valence-electron chi connectivity index (χ2n) is 7.38. The van der Waals surface area contributed by atoms with Crippen molar-refractivity contribution >= 4 is 22.3 Å². The van der Waals surface area contributed by atoms with Gasteiger partial charge < -0.3 is 19.6 Å². The van der Waals surface area contributed by atoms with Crippen LogP contribution in [0.5, 0.6) is 5.75 Å². The molecule has 5 aromatic rings. The fourth-order valence-electron chi connectivity index (χ4n) is 3.77. The Morgan fingerprint density at radius 2 is 1.97 bits per heavy atom. The van der Waals surface area contributed by atoms with Gasteiger partial charge in [0.15, 0.2) is 0 Å². The molecule has 160 valence electrons. The highest BCUT2D eigenvalue weighted by atomic mass is 16.5. The number of H-pyrrole nitrogens is 1. The van der Waals surface area contributed by atoms with Crippen LogP contribution in [0.2, 0.25) is 0 Å². The van der Waals surface area contributed by atoms with E-state index in [1.807, 2.05) is 48.7 Å². The fraction of sp³-hybridized carbons (Fsp3) is 0.125. The number of aromatic amines is 1. The minimum atomic E-state index is -0.171. The van der Waals surface area contributed by atoms with Gasteiger partial charge in [-0.05, 0) is 48.5 Å². The molecule has 8 nitrogen and oxygen atoms in total. The number of carbonyl (C=O) groups is 1. The first-order chi connectivity index (χ1) is 15.6. The van der Waals surface area contributed by atoms with Crippen LogP contribution < -0.4 is 15.6 Å². The van der Waals surface area contributed by atoms with Crippen LogP contribution in [0.1, 0.15) is 10.4 Å². The van der Waals surface area contributed by atoms with Gasteiger partial charge >= 0.3 is 0 Å². The smallest absolute Gasteiger partial charge is 0.276 e. The molecular formula is C24H21N5O3. The molecule has 0 bridgehead atoms. The average molecular weight is 427 g/mol. The van der Waals surface area contributed by atoms with Gasteiger partial charge in [-0.3, -0.25) is 9.59 Å². The summed E-state index contributed by atoms with van der Waals surface area (Å²) in [4.78, 5) is 28.6. The maximum absolute atomic E-state index is 12.9. The van der Waals surface area contributed by atoms with Crippen LogP contribution >= 0.6 is 0 Å². The van der Waals surface area contributed by atoms with E-state index in [0.717, 1.165) is 22.2 Å². The van der Waals surface area contributed by atoms with E-state index in [0.29, 0.717) is 29.9 Å². The van der Waals surface area contributed by atoms with Gasteiger partial charge in [0.2, 0.25) is 0 Å². The van der Waals surface area contributed by atoms with E-state index >= 15 is 0 Å². The molecule has 3 aromatic heterocycles. The van der Waals surface area contributed by atoms with Crippen molar-refractivity contribution in [2.24, 2.45) is 0 Å². The SMILES string of the molecule is COc1ccc(-c2cc3c(=O)n(CCNC(=O)c4cccc5[nH]ccc45)ccn3n2)cc1. The molecule has 3 heterocycles. The van der Waals surface area contributed by atoms with Gasteiger partial charge in [-0.15, -0.1) is 0 Å². The van der Waals surface area contributed by atoms with Gasteiger partial charge in [-0.1, -0.05) is 6.07 Å². The van der Waals surface area contributed by atoms with Crippen molar-refractivity contribution in [3.63, 3.8) is 0 Å². The summed E-state index contributed by atoms with van der Waals surface area (Å²) < 4.78 is 8.34. The third-order valence-corrected chi connectivity index (χ3v) is 5.47. The van der Waals surface area contributed by atoms with Crippen molar-refractivity contribution in [1.29, 1.82) is 0 Å². The normalized spacial score (nSPS) is 11.2. The minimum Gasteiger partial charge on any atom is -0.497 e. The highest BCUT2D eigenvalue weighted by Crippen LogP contribution is 2.21. The van der Waals surface area contributed by atoms with Crippen molar-refractivity contribution in [3.8, 4) is 17.0 Å². The number of aromatic nitrogens is 4. The van der Waals surface area contributed by atoms with Crippen LogP contribution in [-0.4, -0.2) is 38.7 Å². The number of amides is 1. The van der Waals surface area contributed by atoms with E-state index in [1.165, 1.54) is 0 Å². The molecule has 0 radical (unpaired) electrons. The van der Waals surface area contributed by atoms with Gasteiger partial charge in [-0.25, -0.2) is 4.52 Å². The largest absolute Gasteiger partial charge is 0.497 e. The number of fused-ring (bicyclic) bond motifs is 2. The summed E-state index contributed by atoms with van der Waals surface area (Å²) in [5, 5.41) is 8.27. The number of nitrogens with zero attached hydrogens (tertiary/aromatic N) is 3. The van der Waals surface area contributed by atoms with Gasteiger partial charge in [0.05, 0.1) is 12.8 Å². The standard InChI is InChI=1S/C24H21N5O3/c1-32-17-7-5-16(6-8-17)21-15-22-24(31)28(13-14-29(22)27-21)12-11-26-23(30)19-3-2-4-20-18(19)9-10-25-20/h2-10,13-15,25H,11-12H2,1H3,(H,26,30). The topological polar surface area (TPSA) is 93.4 Å². The summed E-state index contributed by atoms with van der Waals surface area (Å²) in [7, 11) is 1.62. The summed E-state index contributed by atoms with van der Waals surface area (Å²) in [6.45, 7) is 0.683. The van der Waals surface area contributed by atoms with Crippen LogP contribution in [-0.2, 0) is 6.54 Å². The molecule has 0 aliphatic carbocycles. The molecule has 8 heteroatoms. The number of hydrogen-bond donors (Lipinski definition) is 2. The number of benzene rings is 2. The zero-order valence-corrected chi connectivity index (χ0v) is 17.4. The zero-order valence-electron chi connectivity index (χ0n) is 17.4. The van der Waals surface area contributed by atoms with Crippen LogP contribution in [0.4, 0.5) is 0 Å². The summed E-state index contributed by atoms with van der Waals surface area (Å²) in [6, 6.07) is 16.7. The van der Waals surface area contributed by atoms with Crippen molar-refractivity contribution in [3.05, 3.63) is 89.1 Å². The monoisotopic (exact) mass is 427 g/mol. The number of hydrogen-bond acceptors (Lipinski definition) is 4. The molecule has 0 spiro atoms. The second kappa shape index (κ2) is 8.07. The third-order valence-electron chi connectivity index (χ3n) is 5.47. The number of methoxy groups -OCH3 is 1. The van der Waals surface area contributed by atoms with E-state index in [4.69, 9.17) is 4.74 Å². The second-order valence-corrected chi connectivity index (χ2v) is 7.38. The number of carbonyl (C=O) groups excluding carboxylic acids is 1. The Labute approximate surface area is 183 Å². The molecule has 2 N–H and O–H groups in total. The summed E-state index contributed by atoms with van der Waals surface area (Å²) in [5.74, 6) is 0.588. The van der Waals surface area contributed by atoms with Gasteiger partial charge in [-0.2, -0.15) is 5.10 Å². The first-order valence-corrected chi connectivity index (χ1v) is 10.2. The van der Waals surface area contributed by atoms with Crippen LogP contribution in [0.3, 0.4) is 0 Å². The lowest BCUT2D eigenvalue weighted by atomic mass is 10.1. The zero-order chi connectivity index (χ0) is 22.1. The maximum atomic E-state index is 12.9. The molecule has 0 aliphatic heterocycles. The van der Waals surface area contributed by atoms with E-state index < -0.39 is 0 Å². The summed E-state index contributed by atoms with van der Waals surface area (Å²) in [6.07, 6.45) is 5.23. The molecule has 32 heavy (non-hydrogen) atoms. The predicted molar refractivity (Wildman–Crippen MR) is 122 cm³/mol. The Bertz CT molecular complexity index is 1480. The van der Waals surface area contributed by atoms with E-state index in [1.54, 1.807) is 40.7 Å². The van der Waals surface area contributed by atoms with E-state index in [-0.39, 0.29) is 11.5 Å². The Hall–Kier alpha value is -4.33. The van der Waals surface area contributed by atoms with E-state index in [2.05, 4.69) is 15.4 Å². The molecule has 0 saturated carbocycles. The van der Waals surface area contributed by atoms with Gasteiger partial charge in [0.1, 0.15) is 11.3 Å². The lowest BCUT2D eigenvalue weighted by Gasteiger charge is -2.08. The Balaban J connectivity index is 1.32. The predicted octanol–water partition coefficient (Wildman–Crippen LogP) is 3.08. The number of ether oxygens (including phenoxy) is 1. The highest BCUT2D eigenvalue weighted by molar-refractivity contribution is 6.06. The fourth-order valence-corrected chi connectivity index (χ4v) is 3.77. The molecule has 0 aliphatic rings. The molecule has 1 amide bonds. The Morgan fingerprint density at radius 1 is 1.12 bits per heavy atom. The first kappa shape index (κ1) is 19.6. The molecule has 0 atom stereocenters. The van der Waals surface area contributed by atoms with E-state index in [9.17, 15) is 9.59 Å². The highest BCUT2D eigenvalue weighted by Gasteiger charge is 2.12. The van der Waals surface area contributed by atoms with Gasteiger partial charge in [0.25, 0.3) is 11.5 Å². The molecule has 0 fully saturated rings. The Kier molecular flexibility index (Phi) is 4.95. The van der Waals surface area contributed by atoms with Crippen molar-refractivity contribution in [2.75, 3.05) is 13.7 Å². The minimum absolute atomic E-state index is 0.165. The molecule has 2 aromatic carbocycles. The average Bonchev–Trinajstić information content (AvgIpc) is 3.48. The third kappa shape index (κ3) is 3.51. The number of nitrogens with one attached hydrogen (secondary N) is 2. The van der Waals surface area contributed by atoms with Gasteiger partial charge in [0, 0.05) is 53.7 Å². The summed E-state index contributed by atoms with van der Waals surface area (Å²) >= 11 is 0.